The zero-order valence-corrected chi connectivity index (χ0v) is 8.42. The van der Waals surface area contributed by atoms with Crippen LogP contribution < -0.4 is 0 Å². The van der Waals surface area contributed by atoms with Crippen molar-refractivity contribution in [3.8, 4) is 0 Å². The van der Waals surface area contributed by atoms with Crippen LogP contribution in [0.4, 0.5) is 0 Å². The third-order valence-corrected chi connectivity index (χ3v) is 2.69. The standard InChI is InChI=1S/C11H11ClO2/c1-8(11(13)6-14-7-11)9-2-4-10(12)5-3-9/h2-5,13H,1,6-7H2. The van der Waals surface area contributed by atoms with Gasteiger partial charge < -0.3 is 9.84 Å². The summed E-state index contributed by atoms with van der Waals surface area (Å²) in [4.78, 5) is 0. The van der Waals surface area contributed by atoms with Gasteiger partial charge >= 0.3 is 0 Å². The molecular formula is C11H11ClO2. The van der Waals surface area contributed by atoms with Crippen LogP contribution in [0.5, 0.6) is 0 Å². The maximum atomic E-state index is 9.94. The first-order chi connectivity index (χ1) is 6.62. The zero-order chi connectivity index (χ0) is 10.2. The molecule has 0 spiro atoms. The van der Waals surface area contributed by atoms with Crippen molar-refractivity contribution in [1.29, 1.82) is 0 Å². The molecule has 1 fully saturated rings. The lowest BCUT2D eigenvalue weighted by Crippen LogP contribution is -2.50. The van der Waals surface area contributed by atoms with Crippen molar-refractivity contribution >= 4 is 17.2 Å². The van der Waals surface area contributed by atoms with Crippen LogP contribution in [0.2, 0.25) is 5.02 Å². The van der Waals surface area contributed by atoms with Gasteiger partial charge in [-0.2, -0.15) is 0 Å². The van der Waals surface area contributed by atoms with E-state index in [2.05, 4.69) is 6.58 Å². The highest BCUT2D eigenvalue weighted by Gasteiger charge is 2.39. The molecule has 0 amide bonds. The van der Waals surface area contributed by atoms with E-state index in [0.29, 0.717) is 23.8 Å². The maximum Gasteiger partial charge on any atom is 0.136 e. The van der Waals surface area contributed by atoms with E-state index in [1.54, 1.807) is 12.1 Å². The number of hydrogen-bond acceptors (Lipinski definition) is 2. The molecule has 14 heavy (non-hydrogen) atoms. The van der Waals surface area contributed by atoms with Gasteiger partial charge in [-0.3, -0.25) is 0 Å². The average Bonchev–Trinajstić information content (AvgIpc) is 2.14. The Labute approximate surface area is 87.8 Å². The third-order valence-electron chi connectivity index (χ3n) is 2.44. The molecule has 1 saturated heterocycles. The van der Waals surface area contributed by atoms with Crippen LogP contribution in [0.1, 0.15) is 5.56 Å². The fourth-order valence-electron chi connectivity index (χ4n) is 1.39. The van der Waals surface area contributed by atoms with Gasteiger partial charge in [-0.05, 0) is 23.3 Å². The van der Waals surface area contributed by atoms with E-state index < -0.39 is 5.60 Å². The largest absolute Gasteiger partial charge is 0.380 e. The van der Waals surface area contributed by atoms with Crippen LogP contribution in [-0.4, -0.2) is 23.9 Å². The number of aliphatic hydroxyl groups is 1. The number of halogens is 1. The second kappa shape index (κ2) is 3.39. The van der Waals surface area contributed by atoms with Gasteiger partial charge in [-0.1, -0.05) is 30.3 Å². The molecule has 1 aromatic carbocycles. The molecule has 0 aromatic heterocycles. The lowest BCUT2D eigenvalue weighted by Gasteiger charge is -2.38. The van der Waals surface area contributed by atoms with Gasteiger partial charge in [-0.15, -0.1) is 0 Å². The minimum atomic E-state index is -0.881. The summed E-state index contributed by atoms with van der Waals surface area (Å²) in [5.41, 5.74) is 0.717. The second-order valence-corrected chi connectivity index (χ2v) is 3.95. The van der Waals surface area contributed by atoms with Gasteiger partial charge in [0.05, 0.1) is 13.2 Å². The number of rotatable bonds is 2. The quantitative estimate of drug-likeness (QED) is 0.810. The smallest absolute Gasteiger partial charge is 0.136 e. The van der Waals surface area contributed by atoms with Crippen molar-refractivity contribution in [1.82, 2.24) is 0 Å². The summed E-state index contributed by atoms with van der Waals surface area (Å²) >= 11 is 5.76. The summed E-state index contributed by atoms with van der Waals surface area (Å²) in [6.45, 7) is 4.53. The van der Waals surface area contributed by atoms with Gasteiger partial charge in [-0.25, -0.2) is 0 Å². The Kier molecular flexibility index (Phi) is 2.35. The minimum absolute atomic E-state index is 0.328. The molecular weight excluding hydrogens is 200 g/mol. The first-order valence-corrected chi connectivity index (χ1v) is 4.75. The molecule has 3 heteroatoms. The highest BCUT2D eigenvalue weighted by molar-refractivity contribution is 6.30. The normalized spacial score (nSPS) is 18.7. The highest BCUT2D eigenvalue weighted by atomic mass is 35.5. The Hall–Kier alpha value is -0.830. The fourth-order valence-corrected chi connectivity index (χ4v) is 1.52. The van der Waals surface area contributed by atoms with Gasteiger partial charge in [0.1, 0.15) is 5.60 Å². The Morgan fingerprint density at radius 3 is 2.36 bits per heavy atom. The molecule has 1 aliphatic rings. The first-order valence-electron chi connectivity index (χ1n) is 4.37. The molecule has 0 saturated carbocycles. The Balaban J connectivity index is 2.23. The summed E-state index contributed by atoms with van der Waals surface area (Å²) in [7, 11) is 0. The summed E-state index contributed by atoms with van der Waals surface area (Å²) < 4.78 is 4.97. The first kappa shape index (κ1) is 9.71. The number of ether oxygens (including phenoxy) is 1. The lowest BCUT2D eigenvalue weighted by molar-refractivity contribution is -0.140. The number of benzene rings is 1. The second-order valence-electron chi connectivity index (χ2n) is 3.51. The lowest BCUT2D eigenvalue weighted by atomic mass is 9.88. The Morgan fingerprint density at radius 2 is 1.93 bits per heavy atom. The molecule has 1 heterocycles. The van der Waals surface area contributed by atoms with Gasteiger partial charge in [0, 0.05) is 5.02 Å². The molecule has 0 bridgehead atoms. The van der Waals surface area contributed by atoms with E-state index in [1.165, 1.54) is 0 Å². The summed E-state index contributed by atoms with van der Waals surface area (Å²) in [6, 6.07) is 7.26. The SMILES string of the molecule is C=C(c1ccc(Cl)cc1)C1(O)COC1. The molecule has 1 aliphatic heterocycles. The van der Waals surface area contributed by atoms with Gasteiger partial charge in [0.15, 0.2) is 0 Å². The molecule has 2 nitrogen and oxygen atoms in total. The molecule has 0 aliphatic carbocycles. The monoisotopic (exact) mass is 210 g/mol. The predicted octanol–water partition coefficient (Wildman–Crippen LogP) is 2.11. The van der Waals surface area contributed by atoms with Crippen molar-refractivity contribution < 1.29 is 9.84 Å². The van der Waals surface area contributed by atoms with Crippen LogP contribution in [0.15, 0.2) is 30.8 Å². The van der Waals surface area contributed by atoms with Crippen LogP contribution in [-0.2, 0) is 4.74 Å². The van der Waals surface area contributed by atoms with Crippen molar-refractivity contribution in [3.05, 3.63) is 41.4 Å². The van der Waals surface area contributed by atoms with E-state index in [1.807, 2.05) is 12.1 Å². The van der Waals surface area contributed by atoms with E-state index in [9.17, 15) is 5.11 Å². The molecule has 74 valence electrons. The minimum Gasteiger partial charge on any atom is -0.380 e. The van der Waals surface area contributed by atoms with Crippen LogP contribution >= 0.6 is 11.6 Å². The third kappa shape index (κ3) is 1.57. The Bertz CT molecular complexity index is 352. The average molecular weight is 211 g/mol. The molecule has 1 aromatic rings. The van der Waals surface area contributed by atoms with Crippen molar-refractivity contribution in [2.75, 3.05) is 13.2 Å². The molecule has 1 N–H and O–H groups in total. The van der Waals surface area contributed by atoms with E-state index in [0.717, 1.165) is 5.56 Å². The molecule has 0 atom stereocenters. The van der Waals surface area contributed by atoms with Crippen LogP contribution in [0.3, 0.4) is 0 Å². The Morgan fingerprint density at radius 1 is 1.36 bits per heavy atom. The van der Waals surface area contributed by atoms with Crippen LogP contribution in [0.25, 0.3) is 5.57 Å². The summed E-state index contributed by atoms with van der Waals surface area (Å²) in [6.07, 6.45) is 0. The van der Waals surface area contributed by atoms with Gasteiger partial charge in [0.2, 0.25) is 0 Å². The van der Waals surface area contributed by atoms with Gasteiger partial charge in [0.25, 0.3) is 0 Å². The van der Waals surface area contributed by atoms with E-state index in [-0.39, 0.29) is 0 Å². The van der Waals surface area contributed by atoms with Crippen molar-refractivity contribution in [2.24, 2.45) is 0 Å². The molecule has 2 rings (SSSR count). The van der Waals surface area contributed by atoms with E-state index in [4.69, 9.17) is 16.3 Å². The topological polar surface area (TPSA) is 29.5 Å². The van der Waals surface area contributed by atoms with E-state index >= 15 is 0 Å². The van der Waals surface area contributed by atoms with Crippen molar-refractivity contribution in [3.63, 3.8) is 0 Å². The summed E-state index contributed by atoms with van der Waals surface area (Å²) in [5, 5.41) is 10.6. The molecule has 0 unspecified atom stereocenters. The summed E-state index contributed by atoms with van der Waals surface area (Å²) in [5.74, 6) is 0. The van der Waals surface area contributed by atoms with Crippen LogP contribution in [0, 0.1) is 0 Å². The fraction of sp³-hybridized carbons (Fsp3) is 0.273. The number of hydrogen-bond donors (Lipinski definition) is 1. The highest BCUT2D eigenvalue weighted by Crippen LogP contribution is 2.32. The molecule has 0 radical (unpaired) electrons. The maximum absolute atomic E-state index is 9.94. The predicted molar refractivity (Wildman–Crippen MR) is 56.3 cm³/mol. The van der Waals surface area contributed by atoms with Crippen molar-refractivity contribution in [2.45, 2.75) is 5.60 Å². The zero-order valence-electron chi connectivity index (χ0n) is 7.66.